The minimum atomic E-state index is -0.539. The minimum absolute atomic E-state index is 0.0215. The second-order valence-corrected chi connectivity index (χ2v) is 5.90. The van der Waals surface area contributed by atoms with Crippen LogP contribution in [0.1, 0.15) is 24.0 Å². The first kappa shape index (κ1) is 16.7. The molecule has 1 fully saturated rings. The fraction of sp³-hybridized carbons (Fsp3) is 0.350. The Balaban J connectivity index is 1.45. The molecular weight excluding hydrogens is 304 g/mol. The average molecular weight is 326 g/mol. The SMILES string of the molecule is O=C(OCc1ccccc1)C1C[C@@H](OCc2ccccc2)CCO1. The van der Waals surface area contributed by atoms with Gasteiger partial charge in [-0.15, -0.1) is 0 Å². The van der Waals surface area contributed by atoms with Crippen LogP contribution in [0.3, 0.4) is 0 Å². The van der Waals surface area contributed by atoms with Gasteiger partial charge >= 0.3 is 5.97 Å². The molecule has 0 bridgehead atoms. The van der Waals surface area contributed by atoms with Crippen molar-refractivity contribution in [1.82, 2.24) is 0 Å². The van der Waals surface area contributed by atoms with Crippen molar-refractivity contribution in [2.45, 2.75) is 38.3 Å². The Labute approximate surface area is 142 Å². The number of carbonyl (C=O) groups excluding carboxylic acids is 1. The van der Waals surface area contributed by atoms with Gasteiger partial charge in [-0.2, -0.15) is 0 Å². The molecule has 0 saturated carbocycles. The minimum Gasteiger partial charge on any atom is -0.459 e. The highest BCUT2D eigenvalue weighted by Gasteiger charge is 2.29. The molecule has 0 amide bonds. The van der Waals surface area contributed by atoms with Crippen LogP contribution >= 0.6 is 0 Å². The van der Waals surface area contributed by atoms with Gasteiger partial charge in [0.25, 0.3) is 0 Å². The highest BCUT2D eigenvalue weighted by atomic mass is 16.6. The molecule has 0 spiro atoms. The van der Waals surface area contributed by atoms with Gasteiger partial charge in [0, 0.05) is 6.42 Å². The van der Waals surface area contributed by atoms with E-state index in [0.29, 0.717) is 19.6 Å². The Kier molecular flexibility index (Phi) is 5.99. The first-order valence-electron chi connectivity index (χ1n) is 8.29. The predicted octanol–water partition coefficient (Wildman–Crippen LogP) is 3.49. The van der Waals surface area contributed by atoms with Crippen LogP contribution in [0.25, 0.3) is 0 Å². The van der Waals surface area contributed by atoms with Gasteiger partial charge in [-0.25, -0.2) is 4.79 Å². The predicted molar refractivity (Wildman–Crippen MR) is 90.2 cm³/mol. The van der Waals surface area contributed by atoms with Crippen molar-refractivity contribution in [3.63, 3.8) is 0 Å². The number of carbonyl (C=O) groups is 1. The molecule has 4 nitrogen and oxygen atoms in total. The summed E-state index contributed by atoms with van der Waals surface area (Å²) in [5.41, 5.74) is 2.10. The molecular formula is C20H22O4. The van der Waals surface area contributed by atoms with Crippen molar-refractivity contribution < 1.29 is 19.0 Å². The second kappa shape index (κ2) is 8.62. The fourth-order valence-corrected chi connectivity index (χ4v) is 2.69. The van der Waals surface area contributed by atoms with Gasteiger partial charge in [0.15, 0.2) is 6.10 Å². The maximum atomic E-state index is 12.2. The Morgan fingerprint density at radius 3 is 2.25 bits per heavy atom. The number of ether oxygens (including phenoxy) is 3. The number of rotatable bonds is 6. The van der Waals surface area contributed by atoms with Crippen LogP contribution < -0.4 is 0 Å². The van der Waals surface area contributed by atoms with Crippen LogP contribution in [0, 0.1) is 0 Å². The molecule has 126 valence electrons. The van der Waals surface area contributed by atoms with Crippen molar-refractivity contribution in [3.05, 3.63) is 71.8 Å². The molecule has 1 unspecified atom stereocenters. The monoisotopic (exact) mass is 326 g/mol. The van der Waals surface area contributed by atoms with Crippen molar-refractivity contribution in [2.75, 3.05) is 6.61 Å². The largest absolute Gasteiger partial charge is 0.459 e. The standard InChI is InChI=1S/C20H22O4/c21-20(24-15-17-9-5-2-6-10-17)19-13-18(11-12-22-19)23-14-16-7-3-1-4-8-16/h1-10,18-19H,11-15H2/t18-,19?/m0/s1. The van der Waals surface area contributed by atoms with E-state index < -0.39 is 6.10 Å². The zero-order valence-electron chi connectivity index (χ0n) is 13.6. The van der Waals surface area contributed by atoms with Crippen LogP contribution in [0.2, 0.25) is 0 Å². The third-order valence-corrected chi connectivity index (χ3v) is 4.05. The van der Waals surface area contributed by atoms with Crippen LogP contribution in [0.5, 0.6) is 0 Å². The molecule has 3 rings (SSSR count). The van der Waals surface area contributed by atoms with Gasteiger partial charge in [0.2, 0.25) is 0 Å². The summed E-state index contributed by atoms with van der Waals surface area (Å²) < 4.78 is 16.8. The fourth-order valence-electron chi connectivity index (χ4n) is 2.69. The molecule has 24 heavy (non-hydrogen) atoms. The number of hydrogen-bond donors (Lipinski definition) is 0. The molecule has 0 N–H and O–H groups in total. The summed E-state index contributed by atoms with van der Waals surface area (Å²) in [7, 11) is 0. The zero-order chi connectivity index (χ0) is 16.6. The lowest BCUT2D eigenvalue weighted by molar-refractivity contribution is -0.167. The summed E-state index contributed by atoms with van der Waals surface area (Å²) in [4.78, 5) is 12.2. The van der Waals surface area contributed by atoms with Crippen molar-refractivity contribution >= 4 is 5.97 Å². The average Bonchev–Trinajstić information content (AvgIpc) is 2.66. The first-order chi connectivity index (χ1) is 11.8. The van der Waals surface area contributed by atoms with Gasteiger partial charge in [0.05, 0.1) is 19.3 Å². The van der Waals surface area contributed by atoms with E-state index in [1.165, 1.54) is 0 Å². The molecule has 0 radical (unpaired) electrons. The quantitative estimate of drug-likeness (QED) is 0.762. The molecule has 1 aliphatic rings. The molecule has 2 aromatic rings. The highest BCUT2D eigenvalue weighted by Crippen LogP contribution is 2.20. The molecule has 0 aliphatic carbocycles. The maximum absolute atomic E-state index is 12.2. The molecule has 1 heterocycles. The summed E-state index contributed by atoms with van der Waals surface area (Å²) in [5.74, 6) is -0.313. The third-order valence-electron chi connectivity index (χ3n) is 4.05. The van der Waals surface area contributed by atoms with Gasteiger partial charge in [-0.1, -0.05) is 60.7 Å². The summed E-state index contributed by atoms with van der Waals surface area (Å²) >= 11 is 0. The van der Waals surface area contributed by atoms with E-state index in [9.17, 15) is 4.79 Å². The van der Waals surface area contributed by atoms with Crippen molar-refractivity contribution in [1.29, 1.82) is 0 Å². The molecule has 2 atom stereocenters. The van der Waals surface area contributed by atoms with E-state index in [2.05, 4.69) is 0 Å². The zero-order valence-corrected chi connectivity index (χ0v) is 13.6. The van der Waals surface area contributed by atoms with Gasteiger partial charge in [-0.3, -0.25) is 0 Å². The van der Waals surface area contributed by atoms with Gasteiger partial charge < -0.3 is 14.2 Å². The van der Waals surface area contributed by atoms with E-state index in [4.69, 9.17) is 14.2 Å². The Hall–Kier alpha value is -2.17. The number of hydrogen-bond acceptors (Lipinski definition) is 4. The number of benzene rings is 2. The number of esters is 1. The smallest absolute Gasteiger partial charge is 0.335 e. The van der Waals surface area contributed by atoms with Crippen LogP contribution in [-0.2, 0) is 32.2 Å². The van der Waals surface area contributed by atoms with Crippen molar-refractivity contribution in [2.24, 2.45) is 0 Å². The molecule has 1 saturated heterocycles. The normalized spacial score (nSPS) is 20.5. The first-order valence-corrected chi connectivity index (χ1v) is 8.29. The second-order valence-electron chi connectivity index (χ2n) is 5.90. The van der Waals surface area contributed by atoms with Gasteiger partial charge in [0.1, 0.15) is 6.61 Å². The van der Waals surface area contributed by atoms with E-state index in [1.54, 1.807) is 0 Å². The lowest BCUT2D eigenvalue weighted by Crippen LogP contribution is -2.37. The highest BCUT2D eigenvalue weighted by molar-refractivity contribution is 5.74. The molecule has 1 aliphatic heterocycles. The maximum Gasteiger partial charge on any atom is 0.335 e. The Morgan fingerprint density at radius 2 is 1.58 bits per heavy atom. The van der Waals surface area contributed by atoms with Crippen LogP contribution in [0.15, 0.2) is 60.7 Å². The van der Waals surface area contributed by atoms with E-state index in [1.807, 2.05) is 60.7 Å². The Bertz CT molecular complexity index is 627. The summed E-state index contributed by atoms with van der Waals surface area (Å²) in [6.45, 7) is 1.34. The Morgan fingerprint density at radius 1 is 0.958 bits per heavy atom. The van der Waals surface area contributed by atoms with E-state index in [-0.39, 0.29) is 18.7 Å². The topological polar surface area (TPSA) is 44.8 Å². The van der Waals surface area contributed by atoms with Crippen LogP contribution in [-0.4, -0.2) is 24.8 Å². The lowest BCUT2D eigenvalue weighted by Gasteiger charge is -2.28. The lowest BCUT2D eigenvalue weighted by atomic mass is 10.1. The van der Waals surface area contributed by atoms with E-state index in [0.717, 1.165) is 17.5 Å². The van der Waals surface area contributed by atoms with E-state index >= 15 is 0 Å². The summed E-state index contributed by atoms with van der Waals surface area (Å²) in [5, 5.41) is 0. The van der Waals surface area contributed by atoms with Crippen LogP contribution in [0.4, 0.5) is 0 Å². The summed E-state index contributed by atoms with van der Waals surface area (Å²) in [6, 6.07) is 19.7. The van der Waals surface area contributed by atoms with Crippen molar-refractivity contribution in [3.8, 4) is 0 Å². The molecule has 2 aromatic carbocycles. The third kappa shape index (κ3) is 4.91. The van der Waals surface area contributed by atoms with Gasteiger partial charge in [-0.05, 0) is 17.5 Å². The molecule has 4 heteroatoms. The molecule has 0 aromatic heterocycles. The summed E-state index contributed by atoms with van der Waals surface area (Å²) in [6.07, 6.45) is 0.826.